The number of hydrazone groups is 1. The lowest BCUT2D eigenvalue weighted by Gasteiger charge is -2.37. The Morgan fingerprint density at radius 2 is 2.56 bits per heavy atom. The summed E-state index contributed by atoms with van der Waals surface area (Å²) in [5.74, 6) is 3.24. The van der Waals surface area contributed by atoms with Crippen molar-refractivity contribution in [2.75, 3.05) is 18.1 Å². The van der Waals surface area contributed by atoms with E-state index < -0.39 is 0 Å². The molecule has 3 heterocycles. The van der Waals surface area contributed by atoms with E-state index in [4.69, 9.17) is 4.42 Å². The molecule has 1 amide bonds. The summed E-state index contributed by atoms with van der Waals surface area (Å²) in [4.78, 5) is 13.7. The van der Waals surface area contributed by atoms with Gasteiger partial charge in [-0.05, 0) is 12.1 Å². The van der Waals surface area contributed by atoms with Crippen LogP contribution < -0.4 is 5.43 Å². The third kappa shape index (κ3) is 1.49. The first-order valence-corrected chi connectivity index (χ1v) is 6.27. The van der Waals surface area contributed by atoms with Crippen LogP contribution >= 0.6 is 11.8 Å². The van der Waals surface area contributed by atoms with Gasteiger partial charge in [-0.1, -0.05) is 0 Å². The average molecular weight is 237 g/mol. The van der Waals surface area contributed by atoms with Crippen LogP contribution in [0.3, 0.4) is 0 Å². The highest BCUT2D eigenvalue weighted by atomic mass is 32.2. The lowest BCUT2D eigenvalue weighted by molar-refractivity contribution is -0.125. The summed E-state index contributed by atoms with van der Waals surface area (Å²) in [7, 11) is 0. The maximum Gasteiger partial charge on any atom is 0.263 e. The predicted molar refractivity (Wildman–Crippen MR) is 61.2 cm³/mol. The molecule has 1 fully saturated rings. The first kappa shape index (κ1) is 9.77. The fourth-order valence-electron chi connectivity index (χ4n) is 1.92. The van der Waals surface area contributed by atoms with Crippen molar-refractivity contribution in [2.45, 2.75) is 6.04 Å². The molecule has 0 aromatic carbocycles. The van der Waals surface area contributed by atoms with Gasteiger partial charge in [-0.3, -0.25) is 4.79 Å². The molecule has 0 spiro atoms. The topological polar surface area (TPSA) is 57.8 Å². The minimum absolute atomic E-state index is 0.0255. The molecule has 1 aromatic heterocycles. The molecule has 1 saturated heterocycles. The summed E-state index contributed by atoms with van der Waals surface area (Å²) in [5.41, 5.74) is 2.55. The Morgan fingerprint density at radius 3 is 3.38 bits per heavy atom. The second kappa shape index (κ2) is 3.86. The van der Waals surface area contributed by atoms with Gasteiger partial charge in [0.05, 0.1) is 6.26 Å². The molecule has 0 saturated carbocycles. The molecule has 3 rings (SSSR count). The highest BCUT2D eigenvalue weighted by Crippen LogP contribution is 2.22. The Bertz CT molecular complexity index is 429. The van der Waals surface area contributed by atoms with Crippen LogP contribution in [0.1, 0.15) is 5.76 Å². The number of thioether (sulfide) groups is 1. The highest BCUT2D eigenvalue weighted by Gasteiger charge is 2.35. The quantitative estimate of drug-likeness (QED) is 0.772. The molecule has 6 heteroatoms. The molecular formula is C10H11N3O2S. The molecule has 0 bridgehead atoms. The minimum Gasteiger partial charge on any atom is -0.461 e. The van der Waals surface area contributed by atoms with Crippen LogP contribution in [0, 0.1) is 0 Å². The number of hydrogen-bond acceptors (Lipinski definition) is 5. The fourth-order valence-corrected chi connectivity index (χ4v) is 2.97. The Balaban J connectivity index is 1.96. The van der Waals surface area contributed by atoms with Crippen molar-refractivity contribution in [3.8, 4) is 0 Å². The number of carbonyl (C=O) groups is 1. The number of rotatable bonds is 1. The molecule has 1 unspecified atom stereocenters. The van der Waals surface area contributed by atoms with Gasteiger partial charge in [0.1, 0.15) is 6.04 Å². The first-order valence-electron chi connectivity index (χ1n) is 5.12. The van der Waals surface area contributed by atoms with Gasteiger partial charge in [0, 0.05) is 18.1 Å². The number of nitrogens with one attached hydrogen (secondary N) is 1. The standard InChI is InChI=1S/C10H11N3O2S/c14-10-7-6-16-5-3-13(7)9(11-12-10)8-2-1-4-15-8/h1-2,4,7H,3,5-6H2,(H,12,14). The molecule has 0 aliphatic carbocycles. The van der Waals surface area contributed by atoms with E-state index in [-0.39, 0.29) is 11.9 Å². The zero-order chi connectivity index (χ0) is 11.0. The smallest absolute Gasteiger partial charge is 0.263 e. The van der Waals surface area contributed by atoms with E-state index in [2.05, 4.69) is 10.5 Å². The summed E-state index contributed by atoms with van der Waals surface area (Å²) in [6.07, 6.45) is 1.61. The van der Waals surface area contributed by atoms with Gasteiger partial charge < -0.3 is 9.32 Å². The van der Waals surface area contributed by atoms with Crippen molar-refractivity contribution in [1.29, 1.82) is 0 Å². The third-order valence-corrected chi connectivity index (χ3v) is 3.74. The first-order chi connectivity index (χ1) is 7.86. The molecule has 0 radical (unpaired) electrons. The SMILES string of the molecule is O=C1NN=C(c2ccco2)N2CCSCC12. The average Bonchev–Trinajstić information content (AvgIpc) is 2.83. The molecule has 1 N–H and O–H groups in total. The largest absolute Gasteiger partial charge is 0.461 e. The fraction of sp³-hybridized carbons (Fsp3) is 0.400. The van der Waals surface area contributed by atoms with Crippen LogP contribution in [0.2, 0.25) is 0 Å². The molecule has 84 valence electrons. The number of amides is 1. The number of hydrogen-bond donors (Lipinski definition) is 1. The highest BCUT2D eigenvalue weighted by molar-refractivity contribution is 7.99. The molecule has 2 aliphatic heterocycles. The summed E-state index contributed by atoms with van der Waals surface area (Å²) < 4.78 is 5.33. The normalized spacial score (nSPS) is 24.8. The summed E-state index contributed by atoms with van der Waals surface area (Å²) >= 11 is 1.80. The number of furan rings is 1. The van der Waals surface area contributed by atoms with Crippen molar-refractivity contribution in [1.82, 2.24) is 10.3 Å². The van der Waals surface area contributed by atoms with Crippen molar-refractivity contribution < 1.29 is 9.21 Å². The Labute approximate surface area is 96.9 Å². The summed E-state index contributed by atoms with van der Waals surface area (Å²) in [6, 6.07) is 3.56. The molecule has 5 nitrogen and oxygen atoms in total. The maximum absolute atomic E-state index is 11.6. The van der Waals surface area contributed by atoms with Gasteiger partial charge in [0.2, 0.25) is 0 Å². The lowest BCUT2D eigenvalue weighted by Crippen LogP contribution is -2.57. The van der Waals surface area contributed by atoms with Crippen LogP contribution in [-0.2, 0) is 4.79 Å². The predicted octanol–water partition coefficient (Wildman–Crippen LogP) is 0.488. The summed E-state index contributed by atoms with van der Waals surface area (Å²) in [5, 5.41) is 4.08. The van der Waals surface area contributed by atoms with Crippen molar-refractivity contribution >= 4 is 23.5 Å². The van der Waals surface area contributed by atoms with E-state index in [1.165, 1.54) is 0 Å². The zero-order valence-corrected chi connectivity index (χ0v) is 9.37. The zero-order valence-electron chi connectivity index (χ0n) is 8.55. The van der Waals surface area contributed by atoms with Crippen molar-refractivity contribution in [3.63, 3.8) is 0 Å². The monoisotopic (exact) mass is 237 g/mol. The van der Waals surface area contributed by atoms with Gasteiger partial charge in [-0.25, -0.2) is 5.43 Å². The van der Waals surface area contributed by atoms with Crippen molar-refractivity contribution in [3.05, 3.63) is 24.2 Å². The van der Waals surface area contributed by atoms with Crippen LogP contribution in [0.4, 0.5) is 0 Å². The second-order valence-corrected chi connectivity index (χ2v) is 4.82. The summed E-state index contributed by atoms with van der Waals surface area (Å²) in [6.45, 7) is 0.836. The van der Waals surface area contributed by atoms with Crippen LogP contribution in [-0.4, -0.2) is 40.7 Å². The number of nitrogens with zero attached hydrogens (tertiary/aromatic N) is 2. The van der Waals surface area contributed by atoms with Gasteiger partial charge >= 0.3 is 0 Å². The van der Waals surface area contributed by atoms with Gasteiger partial charge in [-0.15, -0.1) is 0 Å². The van der Waals surface area contributed by atoms with E-state index in [0.717, 1.165) is 23.9 Å². The minimum atomic E-state index is -0.114. The maximum atomic E-state index is 11.6. The Morgan fingerprint density at radius 1 is 1.62 bits per heavy atom. The lowest BCUT2D eigenvalue weighted by atomic mass is 10.2. The molecule has 1 atom stereocenters. The molecule has 16 heavy (non-hydrogen) atoms. The number of amidine groups is 1. The molecule has 2 aliphatic rings. The number of carbonyl (C=O) groups excluding carboxylic acids is 1. The Hall–Kier alpha value is -1.43. The Kier molecular flexibility index (Phi) is 2.36. The molecule has 1 aromatic rings. The van der Waals surface area contributed by atoms with E-state index in [0.29, 0.717) is 5.76 Å². The van der Waals surface area contributed by atoms with E-state index in [1.807, 2.05) is 17.0 Å². The van der Waals surface area contributed by atoms with Gasteiger partial charge in [0.25, 0.3) is 5.91 Å². The third-order valence-electron chi connectivity index (χ3n) is 2.72. The number of fused-ring (bicyclic) bond motifs is 1. The van der Waals surface area contributed by atoms with Crippen LogP contribution in [0.5, 0.6) is 0 Å². The van der Waals surface area contributed by atoms with Gasteiger partial charge in [-0.2, -0.15) is 16.9 Å². The molecular weight excluding hydrogens is 226 g/mol. The van der Waals surface area contributed by atoms with Crippen LogP contribution in [0.15, 0.2) is 27.9 Å². The van der Waals surface area contributed by atoms with E-state index in [1.54, 1.807) is 18.0 Å². The van der Waals surface area contributed by atoms with Crippen molar-refractivity contribution in [2.24, 2.45) is 5.10 Å². The van der Waals surface area contributed by atoms with Crippen LogP contribution in [0.25, 0.3) is 0 Å². The van der Waals surface area contributed by atoms with Gasteiger partial charge in [0.15, 0.2) is 11.6 Å². The van der Waals surface area contributed by atoms with E-state index in [9.17, 15) is 4.79 Å². The van der Waals surface area contributed by atoms with E-state index >= 15 is 0 Å². The second-order valence-electron chi connectivity index (χ2n) is 3.67.